The van der Waals surface area contributed by atoms with Crippen LogP contribution in [0.2, 0.25) is 0 Å². The molecule has 0 aromatic heterocycles. The van der Waals surface area contributed by atoms with Gasteiger partial charge in [0.1, 0.15) is 5.75 Å². The molecule has 0 bridgehead atoms. The van der Waals surface area contributed by atoms with Gasteiger partial charge in [0.2, 0.25) is 0 Å². The van der Waals surface area contributed by atoms with E-state index < -0.39 is 0 Å². The Morgan fingerprint density at radius 2 is 1.88 bits per heavy atom. The Labute approximate surface area is 102 Å². The summed E-state index contributed by atoms with van der Waals surface area (Å²) >= 11 is 0. The summed E-state index contributed by atoms with van der Waals surface area (Å²) in [7, 11) is 7.55. The summed E-state index contributed by atoms with van der Waals surface area (Å²) in [5, 5.41) is 9.64. The zero-order valence-corrected chi connectivity index (χ0v) is 10.9. The van der Waals surface area contributed by atoms with Crippen LogP contribution < -0.4 is 4.90 Å². The SMILES string of the molecule is CN(C)CCC(=O)c1ccc(O)c(N(C)C)c1. The second-order valence-corrected chi connectivity index (χ2v) is 4.57. The van der Waals surface area contributed by atoms with Gasteiger partial charge in [0.15, 0.2) is 5.78 Å². The van der Waals surface area contributed by atoms with Crippen LogP contribution in [0.3, 0.4) is 0 Å². The fourth-order valence-corrected chi connectivity index (χ4v) is 1.52. The van der Waals surface area contributed by atoms with Crippen LogP contribution in [0.4, 0.5) is 5.69 Å². The van der Waals surface area contributed by atoms with Gasteiger partial charge in [0.25, 0.3) is 0 Å². The Morgan fingerprint density at radius 3 is 2.41 bits per heavy atom. The molecular formula is C13H20N2O2. The molecule has 4 nitrogen and oxygen atoms in total. The molecule has 17 heavy (non-hydrogen) atoms. The van der Waals surface area contributed by atoms with Crippen LogP contribution in [0.5, 0.6) is 5.75 Å². The zero-order chi connectivity index (χ0) is 13.0. The van der Waals surface area contributed by atoms with Crippen molar-refractivity contribution in [2.45, 2.75) is 6.42 Å². The maximum absolute atomic E-state index is 11.9. The van der Waals surface area contributed by atoms with Crippen LogP contribution in [0.15, 0.2) is 18.2 Å². The molecule has 94 valence electrons. The van der Waals surface area contributed by atoms with E-state index in [1.165, 1.54) is 0 Å². The minimum atomic E-state index is 0.0989. The normalized spacial score (nSPS) is 10.6. The number of carbonyl (C=O) groups excluding carboxylic acids is 1. The summed E-state index contributed by atoms with van der Waals surface area (Å²) in [5.41, 5.74) is 1.31. The quantitative estimate of drug-likeness (QED) is 0.789. The maximum atomic E-state index is 11.9. The van der Waals surface area contributed by atoms with Gasteiger partial charge in [-0.15, -0.1) is 0 Å². The molecule has 0 fully saturated rings. The molecule has 0 spiro atoms. The maximum Gasteiger partial charge on any atom is 0.164 e. The second kappa shape index (κ2) is 5.68. The van der Waals surface area contributed by atoms with E-state index in [2.05, 4.69) is 0 Å². The van der Waals surface area contributed by atoms with Crippen LogP contribution in [0, 0.1) is 0 Å². The van der Waals surface area contributed by atoms with Crippen molar-refractivity contribution in [3.05, 3.63) is 23.8 Å². The van der Waals surface area contributed by atoms with E-state index in [4.69, 9.17) is 0 Å². The Kier molecular flexibility index (Phi) is 4.52. The molecule has 0 aliphatic heterocycles. The highest BCUT2D eigenvalue weighted by Gasteiger charge is 2.10. The minimum Gasteiger partial charge on any atom is -0.506 e. The average Bonchev–Trinajstić information content (AvgIpc) is 2.26. The van der Waals surface area contributed by atoms with Crippen LogP contribution in [0.1, 0.15) is 16.8 Å². The monoisotopic (exact) mass is 236 g/mol. The van der Waals surface area contributed by atoms with Crippen molar-refractivity contribution in [2.24, 2.45) is 0 Å². The fourth-order valence-electron chi connectivity index (χ4n) is 1.52. The number of nitrogens with zero attached hydrogens (tertiary/aromatic N) is 2. The van der Waals surface area contributed by atoms with Crippen LogP contribution in [0.25, 0.3) is 0 Å². The number of Topliss-reactive ketones (excluding diaryl/α,β-unsaturated/α-hetero) is 1. The van der Waals surface area contributed by atoms with Crippen LogP contribution in [-0.4, -0.2) is 50.5 Å². The molecule has 1 rings (SSSR count). The van der Waals surface area contributed by atoms with Crippen molar-refractivity contribution in [3.8, 4) is 5.75 Å². The summed E-state index contributed by atoms with van der Waals surface area (Å²) in [4.78, 5) is 15.7. The van der Waals surface area contributed by atoms with Gasteiger partial charge in [-0.1, -0.05) is 0 Å². The number of phenolic OH excluding ortho intramolecular Hbond substituents is 1. The lowest BCUT2D eigenvalue weighted by molar-refractivity contribution is 0.0972. The van der Waals surface area contributed by atoms with Gasteiger partial charge in [-0.05, 0) is 32.3 Å². The van der Waals surface area contributed by atoms with Crippen molar-refractivity contribution in [2.75, 3.05) is 39.6 Å². The van der Waals surface area contributed by atoms with E-state index in [9.17, 15) is 9.90 Å². The first-order valence-electron chi connectivity index (χ1n) is 5.60. The van der Waals surface area contributed by atoms with E-state index >= 15 is 0 Å². The number of benzene rings is 1. The number of anilines is 1. The molecule has 4 heteroatoms. The van der Waals surface area contributed by atoms with E-state index in [0.717, 1.165) is 6.54 Å². The number of phenols is 1. The number of carbonyl (C=O) groups is 1. The van der Waals surface area contributed by atoms with E-state index in [0.29, 0.717) is 17.7 Å². The smallest absolute Gasteiger partial charge is 0.164 e. The first kappa shape index (κ1) is 13.5. The second-order valence-electron chi connectivity index (χ2n) is 4.57. The number of rotatable bonds is 5. The summed E-state index contributed by atoms with van der Waals surface area (Å²) in [6, 6.07) is 4.96. The standard InChI is InChI=1S/C13H20N2O2/c1-14(2)8-7-12(16)10-5-6-13(17)11(9-10)15(3)4/h5-6,9,17H,7-8H2,1-4H3. The highest BCUT2D eigenvalue weighted by Crippen LogP contribution is 2.26. The Bertz CT molecular complexity index is 400. The van der Waals surface area contributed by atoms with Crippen molar-refractivity contribution in [1.82, 2.24) is 4.90 Å². The number of ketones is 1. The van der Waals surface area contributed by atoms with Gasteiger partial charge in [-0.3, -0.25) is 4.79 Å². The lowest BCUT2D eigenvalue weighted by Gasteiger charge is -2.15. The highest BCUT2D eigenvalue weighted by molar-refractivity contribution is 5.97. The molecular weight excluding hydrogens is 216 g/mol. The van der Waals surface area contributed by atoms with E-state index in [1.807, 2.05) is 33.1 Å². The average molecular weight is 236 g/mol. The highest BCUT2D eigenvalue weighted by atomic mass is 16.3. The molecule has 1 aromatic carbocycles. The lowest BCUT2D eigenvalue weighted by atomic mass is 10.1. The molecule has 0 unspecified atom stereocenters. The molecule has 0 saturated carbocycles. The molecule has 0 amide bonds. The third-order valence-corrected chi connectivity index (χ3v) is 2.57. The molecule has 1 N–H and O–H groups in total. The van der Waals surface area contributed by atoms with Gasteiger partial charge in [-0.25, -0.2) is 0 Å². The third kappa shape index (κ3) is 3.75. The van der Waals surface area contributed by atoms with Gasteiger partial charge < -0.3 is 14.9 Å². The number of hydrogen-bond donors (Lipinski definition) is 1. The van der Waals surface area contributed by atoms with Gasteiger partial charge in [-0.2, -0.15) is 0 Å². The van der Waals surface area contributed by atoms with Gasteiger partial charge in [0, 0.05) is 32.6 Å². The molecule has 0 radical (unpaired) electrons. The summed E-state index contributed by atoms with van der Waals surface area (Å²) < 4.78 is 0. The molecule has 0 aliphatic carbocycles. The van der Waals surface area contributed by atoms with Gasteiger partial charge >= 0.3 is 0 Å². The summed E-state index contributed by atoms with van der Waals surface area (Å²) in [6.07, 6.45) is 0.491. The Balaban J connectivity index is 2.84. The van der Waals surface area contributed by atoms with Crippen LogP contribution in [-0.2, 0) is 0 Å². The van der Waals surface area contributed by atoms with Crippen molar-refractivity contribution >= 4 is 11.5 Å². The zero-order valence-electron chi connectivity index (χ0n) is 10.9. The van der Waals surface area contributed by atoms with Gasteiger partial charge in [0.05, 0.1) is 5.69 Å². The lowest BCUT2D eigenvalue weighted by Crippen LogP contribution is -2.17. The number of hydrogen-bond acceptors (Lipinski definition) is 4. The minimum absolute atomic E-state index is 0.0989. The third-order valence-electron chi connectivity index (χ3n) is 2.57. The fraction of sp³-hybridized carbons (Fsp3) is 0.462. The predicted octanol–water partition coefficient (Wildman–Crippen LogP) is 1.59. The first-order valence-corrected chi connectivity index (χ1v) is 5.60. The topological polar surface area (TPSA) is 43.8 Å². The largest absolute Gasteiger partial charge is 0.506 e. The van der Waals surface area contributed by atoms with Crippen molar-refractivity contribution in [3.63, 3.8) is 0 Å². The first-order chi connectivity index (χ1) is 7.91. The summed E-state index contributed by atoms with van der Waals surface area (Å²) in [5.74, 6) is 0.293. The van der Waals surface area contributed by atoms with E-state index in [-0.39, 0.29) is 11.5 Å². The molecule has 1 aromatic rings. The summed E-state index contributed by atoms with van der Waals surface area (Å²) in [6.45, 7) is 0.733. The molecule has 0 saturated heterocycles. The molecule has 0 atom stereocenters. The number of aromatic hydroxyl groups is 1. The van der Waals surface area contributed by atoms with Crippen molar-refractivity contribution in [1.29, 1.82) is 0 Å². The van der Waals surface area contributed by atoms with Crippen molar-refractivity contribution < 1.29 is 9.90 Å². The Hall–Kier alpha value is -1.55. The molecule has 0 heterocycles. The van der Waals surface area contributed by atoms with Crippen LogP contribution >= 0.6 is 0 Å². The Morgan fingerprint density at radius 1 is 1.24 bits per heavy atom. The van der Waals surface area contributed by atoms with E-state index in [1.54, 1.807) is 23.1 Å². The molecule has 0 aliphatic rings. The predicted molar refractivity (Wildman–Crippen MR) is 69.9 cm³/mol.